The van der Waals surface area contributed by atoms with Gasteiger partial charge in [-0.15, -0.1) is 10.2 Å². The quantitative estimate of drug-likeness (QED) is 0.732. The van der Waals surface area contributed by atoms with Gasteiger partial charge in [0, 0.05) is 25.4 Å². The van der Waals surface area contributed by atoms with Crippen LogP contribution in [-0.2, 0) is 4.79 Å². The average Bonchev–Trinajstić information content (AvgIpc) is 3.18. The average molecular weight is 381 g/mol. The van der Waals surface area contributed by atoms with Crippen molar-refractivity contribution >= 4 is 23.2 Å². The van der Waals surface area contributed by atoms with Crippen LogP contribution >= 0.6 is 0 Å². The second-order valence-corrected chi connectivity index (χ2v) is 6.77. The third kappa shape index (κ3) is 3.45. The van der Waals surface area contributed by atoms with Crippen LogP contribution < -0.4 is 19.7 Å². The van der Waals surface area contributed by atoms with Gasteiger partial charge in [-0.3, -0.25) is 9.20 Å². The maximum atomic E-state index is 12.9. The van der Waals surface area contributed by atoms with Crippen LogP contribution in [0.25, 0.3) is 5.65 Å². The van der Waals surface area contributed by atoms with E-state index in [9.17, 15) is 4.79 Å². The van der Waals surface area contributed by atoms with Crippen LogP contribution in [0, 0.1) is 5.92 Å². The van der Waals surface area contributed by atoms with Gasteiger partial charge in [-0.2, -0.15) is 0 Å². The lowest BCUT2D eigenvalue weighted by Crippen LogP contribution is -2.41. The molecule has 1 amide bonds. The highest BCUT2D eigenvalue weighted by molar-refractivity contribution is 5.94. The number of methoxy groups -OCH3 is 2. The van der Waals surface area contributed by atoms with E-state index in [1.807, 2.05) is 28.8 Å². The summed E-state index contributed by atoms with van der Waals surface area (Å²) in [6.07, 6.45) is 3.69. The number of fused-ring (bicyclic) bond motifs is 1. The van der Waals surface area contributed by atoms with Crippen LogP contribution in [0.15, 0.2) is 42.6 Å². The first-order chi connectivity index (χ1) is 13.7. The van der Waals surface area contributed by atoms with Gasteiger partial charge in [0.15, 0.2) is 5.65 Å². The smallest absolute Gasteiger partial charge is 0.231 e. The summed E-state index contributed by atoms with van der Waals surface area (Å²) in [5.41, 5.74) is 1.44. The third-order valence-corrected chi connectivity index (χ3v) is 5.04. The first-order valence-corrected chi connectivity index (χ1v) is 9.27. The van der Waals surface area contributed by atoms with Crippen LogP contribution in [0.2, 0.25) is 0 Å². The number of carbonyl (C=O) groups is 1. The molecular formula is C20H23N5O3. The number of ether oxygens (including phenoxy) is 2. The second-order valence-electron chi connectivity index (χ2n) is 6.77. The number of amides is 1. The molecule has 8 heteroatoms. The minimum atomic E-state index is -0.142. The molecule has 3 heterocycles. The molecule has 0 spiro atoms. The zero-order valence-electron chi connectivity index (χ0n) is 16.0. The van der Waals surface area contributed by atoms with Crippen molar-refractivity contribution < 1.29 is 14.3 Å². The highest BCUT2D eigenvalue weighted by atomic mass is 16.5. The molecule has 3 aromatic rings. The number of benzene rings is 1. The van der Waals surface area contributed by atoms with Crippen molar-refractivity contribution in [3.05, 3.63) is 42.6 Å². The van der Waals surface area contributed by atoms with Gasteiger partial charge in [0.05, 0.1) is 25.8 Å². The summed E-state index contributed by atoms with van der Waals surface area (Å²) < 4.78 is 12.5. The monoisotopic (exact) mass is 381 g/mol. The van der Waals surface area contributed by atoms with Crippen molar-refractivity contribution in [2.75, 3.05) is 37.5 Å². The Morgan fingerprint density at radius 2 is 2.07 bits per heavy atom. The maximum Gasteiger partial charge on any atom is 0.231 e. The minimum Gasteiger partial charge on any atom is -0.497 e. The molecule has 146 valence electrons. The number of pyridine rings is 1. The predicted octanol–water partition coefficient (Wildman–Crippen LogP) is 2.60. The van der Waals surface area contributed by atoms with Gasteiger partial charge < -0.3 is 19.7 Å². The van der Waals surface area contributed by atoms with E-state index >= 15 is 0 Å². The zero-order chi connectivity index (χ0) is 19.5. The van der Waals surface area contributed by atoms with Crippen molar-refractivity contribution in [3.63, 3.8) is 0 Å². The Balaban J connectivity index is 1.49. The van der Waals surface area contributed by atoms with Crippen molar-refractivity contribution in [1.29, 1.82) is 0 Å². The van der Waals surface area contributed by atoms with Gasteiger partial charge in [0.2, 0.25) is 11.9 Å². The number of aromatic nitrogens is 3. The van der Waals surface area contributed by atoms with E-state index < -0.39 is 0 Å². The van der Waals surface area contributed by atoms with Crippen molar-refractivity contribution in [3.8, 4) is 11.5 Å². The number of hydrogen-bond donors (Lipinski definition) is 1. The van der Waals surface area contributed by atoms with Crippen LogP contribution in [-0.4, -0.2) is 47.8 Å². The fourth-order valence-corrected chi connectivity index (χ4v) is 3.55. The van der Waals surface area contributed by atoms with Crippen LogP contribution in [0.1, 0.15) is 12.8 Å². The number of rotatable bonds is 5. The summed E-state index contributed by atoms with van der Waals surface area (Å²) in [6, 6.07) is 11.1. The number of anilines is 2. The fraction of sp³-hybridized carbons (Fsp3) is 0.350. The Bertz CT molecular complexity index is 987. The van der Waals surface area contributed by atoms with Crippen molar-refractivity contribution in [2.45, 2.75) is 12.8 Å². The summed E-state index contributed by atoms with van der Waals surface area (Å²) in [4.78, 5) is 15.0. The molecule has 0 unspecified atom stereocenters. The zero-order valence-corrected chi connectivity index (χ0v) is 16.0. The number of carbonyl (C=O) groups excluding carboxylic acids is 1. The van der Waals surface area contributed by atoms with Gasteiger partial charge in [-0.1, -0.05) is 6.07 Å². The van der Waals surface area contributed by atoms with Crippen LogP contribution in [0.5, 0.6) is 11.5 Å². The normalized spacial score (nSPS) is 16.8. The Morgan fingerprint density at radius 1 is 1.18 bits per heavy atom. The summed E-state index contributed by atoms with van der Waals surface area (Å²) in [6.45, 7) is 1.45. The van der Waals surface area contributed by atoms with E-state index in [4.69, 9.17) is 9.47 Å². The van der Waals surface area contributed by atoms with E-state index in [1.165, 1.54) is 0 Å². The number of nitrogens with one attached hydrogen (secondary N) is 1. The number of nitrogens with zero attached hydrogens (tertiary/aromatic N) is 4. The summed E-state index contributed by atoms with van der Waals surface area (Å²) in [7, 11) is 3.17. The predicted molar refractivity (Wildman–Crippen MR) is 106 cm³/mol. The molecule has 0 aliphatic carbocycles. The van der Waals surface area contributed by atoms with E-state index in [0.29, 0.717) is 23.7 Å². The molecule has 1 aromatic carbocycles. The van der Waals surface area contributed by atoms with Crippen LogP contribution in [0.3, 0.4) is 0 Å². The molecule has 0 saturated carbocycles. The minimum absolute atomic E-state index is 0.0259. The SMILES string of the molecule is COc1ccc(NC(=O)[C@@H]2CCCN(c3nnc4ccccn34)C2)c(OC)c1. The van der Waals surface area contributed by atoms with E-state index in [2.05, 4.69) is 20.4 Å². The first kappa shape index (κ1) is 18.1. The van der Waals surface area contributed by atoms with E-state index in [0.717, 1.165) is 31.0 Å². The lowest BCUT2D eigenvalue weighted by atomic mass is 9.97. The fourth-order valence-electron chi connectivity index (χ4n) is 3.55. The highest BCUT2D eigenvalue weighted by Gasteiger charge is 2.28. The molecule has 1 fully saturated rings. The van der Waals surface area contributed by atoms with E-state index in [1.54, 1.807) is 32.4 Å². The molecule has 0 radical (unpaired) electrons. The first-order valence-electron chi connectivity index (χ1n) is 9.27. The third-order valence-electron chi connectivity index (χ3n) is 5.04. The molecule has 1 N–H and O–H groups in total. The number of piperidine rings is 1. The van der Waals surface area contributed by atoms with Crippen LogP contribution in [0.4, 0.5) is 11.6 Å². The molecule has 1 aliphatic rings. The van der Waals surface area contributed by atoms with Gasteiger partial charge in [0.1, 0.15) is 11.5 Å². The largest absolute Gasteiger partial charge is 0.497 e. The molecule has 1 atom stereocenters. The molecule has 1 saturated heterocycles. The lowest BCUT2D eigenvalue weighted by Gasteiger charge is -2.32. The van der Waals surface area contributed by atoms with Gasteiger partial charge in [-0.25, -0.2) is 0 Å². The topological polar surface area (TPSA) is 81.0 Å². The molecule has 8 nitrogen and oxygen atoms in total. The Kier molecular flexibility index (Phi) is 5.01. The van der Waals surface area contributed by atoms with Gasteiger partial charge in [0.25, 0.3) is 0 Å². The molecule has 1 aliphatic heterocycles. The Hall–Kier alpha value is -3.29. The highest BCUT2D eigenvalue weighted by Crippen LogP contribution is 2.30. The Labute approximate surface area is 163 Å². The molecule has 0 bridgehead atoms. The van der Waals surface area contributed by atoms with Crippen molar-refractivity contribution in [1.82, 2.24) is 14.6 Å². The number of hydrogen-bond acceptors (Lipinski definition) is 6. The molecular weight excluding hydrogens is 358 g/mol. The summed E-state index contributed by atoms with van der Waals surface area (Å²) in [5, 5.41) is 11.5. The Morgan fingerprint density at radius 3 is 2.89 bits per heavy atom. The van der Waals surface area contributed by atoms with Gasteiger partial charge in [-0.05, 0) is 37.1 Å². The van der Waals surface area contributed by atoms with E-state index in [-0.39, 0.29) is 11.8 Å². The summed E-state index contributed by atoms with van der Waals surface area (Å²) in [5.74, 6) is 1.86. The second kappa shape index (κ2) is 7.75. The molecule has 28 heavy (non-hydrogen) atoms. The lowest BCUT2D eigenvalue weighted by molar-refractivity contribution is -0.120. The molecule has 2 aromatic heterocycles. The summed E-state index contributed by atoms with van der Waals surface area (Å²) >= 11 is 0. The van der Waals surface area contributed by atoms with Crippen molar-refractivity contribution in [2.24, 2.45) is 5.92 Å². The van der Waals surface area contributed by atoms with Gasteiger partial charge >= 0.3 is 0 Å². The standard InChI is InChI=1S/C20H23N5O3/c1-27-15-8-9-16(17(12-15)28-2)21-19(26)14-6-5-10-24(13-14)20-23-22-18-7-3-4-11-25(18)20/h3-4,7-9,11-12,14H,5-6,10,13H2,1-2H3,(H,21,26)/t14-/m1/s1. The molecule has 4 rings (SSSR count). The maximum absolute atomic E-state index is 12.9.